The van der Waals surface area contributed by atoms with Crippen molar-refractivity contribution < 1.29 is 4.79 Å². The molecule has 2 heterocycles. The van der Waals surface area contributed by atoms with Gasteiger partial charge in [0.05, 0.1) is 5.69 Å². The summed E-state index contributed by atoms with van der Waals surface area (Å²) in [6.45, 7) is 7.27. The fourth-order valence-electron chi connectivity index (χ4n) is 2.06. The van der Waals surface area contributed by atoms with Gasteiger partial charge < -0.3 is 4.90 Å². The summed E-state index contributed by atoms with van der Waals surface area (Å²) >= 11 is 0. The second-order valence-corrected chi connectivity index (χ2v) is 4.37. The molecular weight excluding hydrogens is 190 g/mol. The van der Waals surface area contributed by atoms with Crippen molar-refractivity contribution >= 4 is 5.91 Å². The number of hydrogen-bond donors (Lipinski definition) is 0. The lowest BCUT2D eigenvalue weighted by atomic mass is 10.2. The Kier molecular flexibility index (Phi) is 2.50. The third-order valence-corrected chi connectivity index (χ3v) is 2.82. The van der Waals surface area contributed by atoms with Gasteiger partial charge in [-0.05, 0) is 26.8 Å². The fourth-order valence-corrected chi connectivity index (χ4v) is 2.06. The van der Waals surface area contributed by atoms with Gasteiger partial charge in [-0.2, -0.15) is 5.10 Å². The van der Waals surface area contributed by atoms with E-state index in [9.17, 15) is 4.79 Å². The number of amides is 1. The SMILES string of the molecule is Cc1cc2n(n1)CC(=O)N(C(C)C)CC2. The minimum absolute atomic E-state index is 0.173. The highest BCUT2D eigenvalue weighted by molar-refractivity contribution is 5.76. The van der Waals surface area contributed by atoms with E-state index < -0.39 is 0 Å². The zero-order valence-corrected chi connectivity index (χ0v) is 9.53. The summed E-state index contributed by atoms with van der Waals surface area (Å²) in [6, 6.07) is 2.35. The van der Waals surface area contributed by atoms with Crippen LogP contribution >= 0.6 is 0 Å². The van der Waals surface area contributed by atoms with E-state index in [1.54, 1.807) is 0 Å². The molecule has 0 N–H and O–H groups in total. The summed E-state index contributed by atoms with van der Waals surface area (Å²) in [7, 11) is 0. The van der Waals surface area contributed by atoms with Crippen LogP contribution in [0.1, 0.15) is 25.2 Å². The third-order valence-electron chi connectivity index (χ3n) is 2.82. The van der Waals surface area contributed by atoms with Crippen molar-refractivity contribution in [3.8, 4) is 0 Å². The molecule has 0 aromatic carbocycles. The molecule has 1 aromatic rings. The lowest BCUT2D eigenvalue weighted by Gasteiger charge is -2.24. The maximum atomic E-state index is 11.9. The quantitative estimate of drug-likeness (QED) is 0.688. The predicted octanol–water partition coefficient (Wildman–Crippen LogP) is 0.985. The minimum Gasteiger partial charge on any atom is -0.338 e. The third kappa shape index (κ3) is 1.89. The van der Waals surface area contributed by atoms with Crippen LogP contribution in [0.25, 0.3) is 0 Å². The molecular formula is C11H17N3O. The first-order valence-corrected chi connectivity index (χ1v) is 5.40. The average molecular weight is 207 g/mol. The van der Waals surface area contributed by atoms with Gasteiger partial charge in [-0.1, -0.05) is 0 Å². The molecule has 1 aliphatic heterocycles. The van der Waals surface area contributed by atoms with E-state index in [1.165, 1.54) is 5.69 Å². The Labute approximate surface area is 89.9 Å². The number of nitrogens with zero attached hydrogens (tertiary/aromatic N) is 3. The molecule has 0 spiro atoms. The first-order chi connectivity index (χ1) is 7.08. The van der Waals surface area contributed by atoms with Crippen LogP contribution in [0.2, 0.25) is 0 Å². The Morgan fingerprint density at radius 3 is 2.87 bits per heavy atom. The molecule has 0 radical (unpaired) electrons. The van der Waals surface area contributed by atoms with Gasteiger partial charge in [0.1, 0.15) is 6.54 Å². The van der Waals surface area contributed by atoms with Gasteiger partial charge in [0.2, 0.25) is 5.91 Å². The fraction of sp³-hybridized carbons (Fsp3) is 0.636. The molecule has 1 aliphatic rings. The standard InChI is InChI=1S/C11H17N3O/c1-8(2)13-5-4-10-6-9(3)12-14(10)7-11(13)15/h6,8H,4-5,7H2,1-3H3. The molecule has 0 fully saturated rings. The number of aryl methyl sites for hydroxylation is 1. The van der Waals surface area contributed by atoms with Gasteiger partial charge in [-0.15, -0.1) is 0 Å². The maximum Gasteiger partial charge on any atom is 0.244 e. The lowest BCUT2D eigenvalue weighted by Crippen LogP contribution is -2.38. The van der Waals surface area contributed by atoms with E-state index >= 15 is 0 Å². The molecule has 0 saturated heterocycles. The van der Waals surface area contributed by atoms with Gasteiger partial charge in [-0.25, -0.2) is 0 Å². The summed E-state index contributed by atoms with van der Waals surface area (Å²) in [6.07, 6.45) is 0.907. The normalized spacial score (nSPS) is 16.8. The van der Waals surface area contributed by atoms with Crippen molar-refractivity contribution in [3.05, 3.63) is 17.5 Å². The van der Waals surface area contributed by atoms with Crippen molar-refractivity contribution in [2.24, 2.45) is 0 Å². The van der Waals surface area contributed by atoms with Crippen LogP contribution in [-0.2, 0) is 17.8 Å². The van der Waals surface area contributed by atoms with Crippen LogP contribution in [0.3, 0.4) is 0 Å². The van der Waals surface area contributed by atoms with Crippen molar-refractivity contribution in [3.63, 3.8) is 0 Å². The molecule has 0 bridgehead atoms. The van der Waals surface area contributed by atoms with E-state index in [-0.39, 0.29) is 11.9 Å². The van der Waals surface area contributed by atoms with Crippen molar-refractivity contribution in [1.29, 1.82) is 0 Å². The van der Waals surface area contributed by atoms with Crippen LogP contribution in [0.4, 0.5) is 0 Å². The minimum atomic E-state index is 0.173. The Morgan fingerprint density at radius 2 is 2.20 bits per heavy atom. The van der Waals surface area contributed by atoms with Gasteiger partial charge >= 0.3 is 0 Å². The summed E-state index contributed by atoms with van der Waals surface area (Å²) in [4.78, 5) is 13.8. The largest absolute Gasteiger partial charge is 0.338 e. The first kappa shape index (κ1) is 10.2. The van der Waals surface area contributed by atoms with E-state index in [4.69, 9.17) is 0 Å². The zero-order valence-electron chi connectivity index (χ0n) is 9.53. The molecule has 0 atom stereocenters. The number of carbonyl (C=O) groups excluding carboxylic acids is 1. The highest BCUT2D eigenvalue weighted by atomic mass is 16.2. The van der Waals surface area contributed by atoms with Gasteiger partial charge in [0, 0.05) is 24.7 Å². The van der Waals surface area contributed by atoms with Crippen molar-refractivity contribution in [1.82, 2.24) is 14.7 Å². The summed E-state index contributed by atoms with van der Waals surface area (Å²) in [5.41, 5.74) is 2.17. The molecule has 1 amide bonds. The molecule has 1 aromatic heterocycles. The van der Waals surface area contributed by atoms with E-state index in [0.717, 1.165) is 18.7 Å². The topological polar surface area (TPSA) is 38.1 Å². The molecule has 0 saturated carbocycles. The Balaban J connectivity index is 2.24. The molecule has 82 valence electrons. The Hall–Kier alpha value is -1.32. The molecule has 15 heavy (non-hydrogen) atoms. The molecule has 0 aliphatic carbocycles. The summed E-state index contributed by atoms with van der Waals surface area (Å²) in [5.74, 6) is 0.173. The van der Waals surface area contributed by atoms with Crippen LogP contribution in [0.15, 0.2) is 6.07 Å². The highest BCUT2D eigenvalue weighted by Gasteiger charge is 2.22. The highest BCUT2D eigenvalue weighted by Crippen LogP contribution is 2.12. The average Bonchev–Trinajstić information content (AvgIpc) is 2.38. The van der Waals surface area contributed by atoms with Crippen LogP contribution in [0, 0.1) is 6.92 Å². The van der Waals surface area contributed by atoms with E-state index in [2.05, 4.69) is 25.0 Å². The monoisotopic (exact) mass is 207 g/mol. The van der Waals surface area contributed by atoms with Gasteiger partial charge in [0.25, 0.3) is 0 Å². The van der Waals surface area contributed by atoms with Crippen molar-refractivity contribution in [2.45, 2.75) is 39.8 Å². The van der Waals surface area contributed by atoms with Crippen molar-refractivity contribution in [2.75, 3.05) is 6.54 Å². The second kappa shape index (κ2) is 3.68. The molecule has 2 rings (SSSR count). The Bertz CT molecular complexity index is 381. The molecule has 4 heteroatoms. The second-order valence-electron chi connectivity index (χ2n) is 4.37. The number of rotatable bonds is 1. The predicted molar refractivity (Wildman–Crippen MR) is 57.5 cm³/mol. The number of carbonyl (C=O) groups is 1. The van der Waals surface area contributed by atoms with E-state index in [1.807, 2.05) is 16.5 Å². The van der Waals surface area contributed by atoms with E-state index in [0.29, 0.717) is 6.54 Å². The molecule has 4 nitrogen and oxygen atoms in total. The zero-order chi connectivity index (χ0) is 11.0. The number of fused-ring (bicyclic) bond motifs is 1. The van der Waals surface area contributed by atoms with Gasteiger partial charge in [-0.3, -0.25) is 9.48 Å². The maximum absolute atomic E-state index is 11.9. The van der Waals surface area contributed by atoms with Gasteiger partial charge in [0.15, 0.2) is 0 Å². The number of hydrogen-bond acceptors (Lipinski definition) is 2. The Morgan fingerprint density at radius 1 is 1.47 bits per heavy atom. The smallest absolute Gasteiger partial charge is 0.244 e. The van der Waals surface area contributed by atoms with Crippen LogP contribution in [0.5, 0.6) is 0 Å². The summed E-state index contributed by atoms with van der Waals surface area (Å²) in [5, 5.41) is 4.32. The van der Waals surface area contributed by atoms with Crippen LogP contribution in [-0.4, -0.2) is 33.2 Å². The summed E-state index contributed by atoms with van der Waals surface area (Å²) < 4.78 is 1.83. The lowest BCUT2D eigenvalue weighted by molar-refractivity contribution is -0.133. The number of aromatic nitrogens is 2. The first-order valence-electron chi connectivity index (χ1n) is 5.40. The van der Waals surface area contributed by atoms with Crippen LogP contribution < -0.4 is 0 Å². The molecule has 0 unspecified atom stereocenters.